The van der Waals surface area contributed by atoms with Gasteiger partial charge in [0.05, 0.1) is 27.6 Å². The molecule has 0 aromatic heterocycles. The Bertz CT molecular complexity index is 1030. The molecule has 0 aliphatic carbocycles. The lowest BCUT2D eigenvalue weighted by Gasteiger charge is -2.36. The van der Waals surface area contributed by atoms with Crippen molar-refractivity contribution in [1.82, 2.24) is 4.90 Å². The van der Waals surface area contributed by atoms with Gasteiger partial charge in [0.1, 0.15) is 5.84 Å². The third-order valence-corrected chi connectivity index (χ3v) is 5.56. The molecule has 31 heavy (non-hydrogen) atoms. The molecule has 4 rings (SSSR count). The van der Waals surface area contributed by atoms with Crippen LogP contribution in [0.3, 0.4) is 0 Å². The molecular formula is C26H29N3O2. The Labute approximate surface area is 184 Å². The monoisotopic (exact) mass is 415 g/mol. The van der Waals surface area contributed by atoms with Crippen molar-refractivity contribution in [3.63, 3.8) is 0 Å². The summed E-state index contributed by atoms with van der Waals surface area (Å²) in [6.07, 6.45) is 0.915. The molecule has 0 atom stereocenters. The SMILES string of the molecule is COc1ccc(CCN2CN=C(c3ccccc3)N(c3ccc(C)cc3)C2)cc1OC. The molecule has 1 aliphatic rings. The summed E-state index contributed by atoms with van der Waals surface area (Å²) in [6, 6.07) is 25.2. The zero-order valence-corrected chi connectivity index (χ0v) is 18.4. The number of aliphatic imine (C=N–C) groups is 1. The molecule has 0 saturated carbocycles. The number of aryl methyl sites for hydroxylation is 1. The predicted molar refractivity (Wildman–Crippen MR) is 126 cm³/mol. The van der Waals surface area contributed by atoms with Crippen LogP contribution in [0.4, 0.5) is 5.69 Å². The number of hydrogen-bond acceptors (Lipinski definition) is 5. The van der Waals surface area contributed by atoms with Crippen LogP contribution in [0.15, 0.2) is 77.8 Å². The van der Waals surface area contributed by atoms with Gasteiger partial charge in [-0.1, -0.05) is 54.1 Å². The maximum Gasteiger partial charge on any atom is 0.160 e. The Kier molecular flexibility index (Phi) is 6.53. The third kappa shape index (κ3) is 4.89. The molecule has 0 radical (unpaired) electrons. The Morgan fingerprint density at radius 1 is 0.871 bits per heavy atom. The minimum atomic E-state index is 0.680. The van der Waals surface area contributed by atoms with E-state index in [9.17, 15) is 0 Å². The van der Waals surface area contributed by atoms with Gasteiger partial charge in [0.15, 0.2) is 11.5 Å². The van der Waals surface area contributed by atoms with Crippen molar-refractivity contribution >= 4 is 11.5 Å². The van der Waals surface area contributed by atoms with Crippen molar-refractivity contribution < 1.29 is 9.47 Å². The highest BCUT2D eigenvalue weighted by Crippen LogP contribution is 2.28. The summed E-state index contributed by atoms with van der Waals surface area (Å²) in [4.78, 5) is 9.62. The van der Waals surface area contributed by atoms with E-state index in [-0.39, 0.29) is 0 Å². The van der Waals surface area contributed by atoms with Crippen LogP contribution in [0.5, 0.6) is 11.5 Å². The summed E-state index contributed by atoms with van der Waals surface area (Å²) in [6.45, 7) is 4.50. The van der Waals surface area contributed by atoms with E-state index >= 15 is 0 Å². The molecule has 0 unspecified atom stereocenters. The van der Waals surface area contributed by atoms with Crippen molar-refractivity contribution in [2.45, 2.75) is 13.3 Å². The number of ether oxygens (including phenoxy) is 2. The molecule has 0 saturated heterocycles. The summed E-state index contributed by atoms with van der Waals surface area (Å²) in [5, 5.41) is 0. The number of anilines is 1. The van der Waals surface area contributed by atoms with Gasteiger partial charge in [0, 0.05) is 17.8 Å². The number of nitrogens with zero attached hydrogens (tertiary/aromatic N) is 3. The lowest BCUT2D eigenvalue weighted by molar-refractivity contribution is 0.284. The van der Waals surface area contributed by atoms with E-state index < -0.39 is 0 Å². The Balaban J connectivity index is 1.53. The second-order valence-corrected chi connectivity index (χ2v) is 7.73. The van der Waals surface area contributed by atoms with E-state index in [4.69, 9.17) is 14.5 Å². The van der Waals surface area contributed by atoms with Crippen LogP contribution in [-0.4, -0.2) is 44.8 Å². The average Bonchev–Trinajstić information content (AvgIpc) is 2.83. The smallest absolute Gasteiger partial charge is 0.160 e. The van der Waals surface area contributed by atoms with Crippen LogP contribution in [0.25, 0.3) is 0 Å². The van der Waals surface area contributed by atoms with E-state index in [0.29, 0.717) is 6.67 Å². The molecule has 0 spiro atoms. The summed E-state index contributed by atoms with van der Waals surface area (Å²) in [7, 11) is 3.33. The maximum atomic E-state index is 5.45. The minimum absolute atomic E-state index is 0.680. The summed E-state index contributed by atoms with van der Waals surface area (Å²) in [5.41, 5.74) is 4.77. The van der Waals surface area contributed by atoms with Crippen LogP contribution < -0.4 is 14.4 Å². The molecule has 160 valence electrons. The van der Waals surface area contributed by atoms with E-state index in [1.54, 1.807) is 14.2 Å². The summed E-state index contributed by atoms with van der Waals surface area (Å²) >= 11 is 0. The summed E-state index contributed by atoms with van der Waals surface area (Å²) in [5.74, 6) is 2.54. The standard InChI is InChI=1S/C26H29N3O2/c1-20-9-12-23(13-10-20)29-19-28(18-27-26(29)22-7-5-4-6-8-22)16-15-21-11-14-24(30-2)25(17-21)31-3/h4-14,17H,15-16,18-19H2,1-3H3. The number of methoxy groups -OCH3 is 2. The van der Waals surface area contributed by atoms with Crippen LogP contribution in [0.1, 0.15) is 16.7 Å². The van der Waals surface area contributed by atoms with Crippen molar-refractivity contribution in [2.24, 2.45) is 4.99 Å². The lowest BCUT2D eigenvalue weighted by atomic mass is 10.1. The molecule has 3 aromatic carbocycles. The predicted octanol–water partition coefficient (Wildman–Crippen LogP) is 4.74. The second kappa shape index (κ2) is 9.67. The minimum Gasteiger partial charge on any atom is -0.493 e. The molecule has 0 fully saturated rings. The van der Waals surface area contributed by atoms with Gasteiger partial charge in [0.2, 0.25) is 0 Å². The molecule has 5 nitrogen and oxygen atoms in total. The zero-order chi connectivity index (χ0) is 21.6. The number of rotatable bonds is 7. The van der Waals surface area contributed by atoms with Crippen LogP contribution in [0.2, 0.25) is 0 Å². The average molecular weight is 416 g/mol. The second-order valence-electron chi connectivity index (χ2n) is 7.73. The Hall–Kier alpha value is -3.31. The molecule has 0 bridgehead atoms. The van der Waals surface area contributed by atoms with Gasteiger partial charge < -0.3 is 14.4 Å². The zero-order valence-electron chi connectivity index (χ0n) is 18.4. The number of amidine groups is 1. The van der Waals surface area contributed by atoms with Gasteiger partial charge >= 0.3 is 0 Å². The van der Waals surface area contributed by atoms with Gasteiger partial charge in [-0.2, -0.15) is 0 Å². The van der Waals surface area contributed by atoms with Gasteiger partial charge in [-0.15, -0.1) is 0 Å². The Morgan fingerprint density at radius 2 is 1.61 bits per heavy atom. The fourth-order valence-corrected chi connectivity index (χ4v) is 3.79. The van der Waals surface area contributed by atoms with Gasteiger partial charge in [-0.25, -0.2) is 0 Å². The lowest BCUT2D eigenvalue weighted by Crippen LogP contribution is -2.47. The van der Waals surface area contributed by atoms with E-state index in [1.165, 1.54) is 11.1 Å². The largest absolute Gasteiger partial charge is 0.493 e. The quantitative estimate of drug-likeness (QED) is 0.559. The highest BCUT2D eigenvalue weighted by molar-refractivity contribution is 6.10. The van der Waals surface area contributed by atoms with Crippen molar-refractivity contribution in [3.05, 3.63) is 89.5 Å². The van der Waals surface area contributed by atoms with Crippen molar-refractivity contribution in [1.29, 1.82) is 0 Å². The molecule has 0 amide bonds. The van der Waals surface area contributed by atoms with E-state index in [2.05, 4.69) is 77.4 Å². The normalized spacial score (nSPS) is 14.3. The highest BCUT2D eigenvalue weighted by Gasteiger charge is 2.23. The number of hydrogen-bond donors (Lipinski definition) is 0. The highest BCUT2D eigenvalue weighted by atomic mass is 16.5. The number of benzene rings is 3. The van der Waals surface area contributed by atoms with Gasteiger partial charge in [-0.3, -0.25) is 9.89 Å². The first kappa shape index (κ1) is 20.9. The van der Waals surface area contributed by atoms with Crippen LogP contribution in [-0.2, 0) is 6.42 Å². The molecule has 3 aromatic rings. The fraction of sp³-hybridized carbons (Fsp3) is 0.269. The summed E-state index contributed by atoms with van der Waals surface area (Å²) < 4.78 is 10.8. The first-order valence-corrected chi connectivity index (χ1v) is 10.6. The van der Waals surface area contributed by atoms with Gasteiger partial charge in [0.25, 0.3) is 0 Å². The maximum absolute atomic E-state index is 5.45. The van der Waals surface area contributed by atoms with Crippen molar-refractivity contribution in [3.8, 4) is 11.5 Å². The molecular weight excluding hydrogens is 386 g/mol. The van der Waals surface area contributed by atoms with E-state index in [1.807, 2.05) is 12.1 Å². The molecule has 1 aliphatic heterocycles. The third-order valence-electron chi connectivity index (χ3n) is 5.56. The van der Waals surface area contributed by atoms with Crippen molar-refractivity contribution in [2.75, 3.05) is 39.0 Å². The van der Waals surface area contributed by atoms with E-state index in [0.717, 1.165) is 48.2 Å². The van der Waals surface area contributed by atoms with Gasteiger partial charge in [-0.05, 0) is 43.2 Å². The van der Waals surface area contributed by atoms with Crippen LogP contribution in [0, 0.1) is 6.92 Å². The first-order chi connectivity index (χ1) is 15.2. The molecule has 5 heteroatoms. The molecule has 0 N–H and O–H groups in total. The fourth-order valence-electron chi connectivity index (χ4n) is 3.79. The van der Waals surface area contributed by atoms with Crippen LogP contribution >= 0.6 is 0 Å². The Morgan fingerprint density at radius 3 is 2.32 bits per heavy atom. The molecule has 1 heterocycles. The topological polar surface area (TPSA) is 37.3 Å². The first-order valence-electron chi connectivity index (χ1n) is 10.6.